The standard InChI is InChI=1S/C21H20ClFN4O/c22-16-9-4-10-17(19(16)23)26-21(28)27-11-5-8-15(13-27)20-24-12-18(25-20)14-6-2-1-3-7-14/h1-4,6-7,9-10,12,15H,5,8,11,13H2,(H,24,25)(H,26,28)/t15-/m0/s1. The van der Waals surface area contributed by atoms with E-state index in [1.54, 1.807) is 11.0 Å². The quantitative estimate of drug-likeness (QED) is 0.630. The summed E-state index contributed by atoms with van der Waals surface area (Å²) in [5.41, 5.74) is 2.12. The lowest BCUT2D eigenvalue weighted by molar-refractivity contribution is 0.191. The summed E-state index contributed by atoms with van der Waals surface area (Å²) in [6.07, 6.45) is 3.62. The van der Waals surface area contributed by atoms with Crippen LogP contribution >= 0.6 is 11.6 Å². The Hall–Kier alpha value is -2.86. The summed E-state index contributed by atoms with van der Waals surface area (Å²) in [6, 6.07) is 14.2. The Balaban J connectivity index is 1.45. The summed E-state index contributed by atoms with van der Waals surface area (Å²) in [5, 5.41) is 2.61. The summed E-state index contributed by atoms with van der Waals surface area (Å²) < 4.78 is 14.1. The van der Waals surface area contributed by atoms with Crippen LogP contribution in [0.15, 0.2) is 54.7 Å². The van der Waals surface area contributed by atoms with Gasteiger partial charge in [-0.25, -0.2) is 14.2 Å². The van der Waals surface area contributed by atoms with Gasteiger partial charge in [0.05, 0.1) is 22.6 Å². The Morgan fingerprint density at radius 3 is 2.86 bits per heavy atom. The van der Waals surface area contributed by atoms with E-state index in [4.69, 9.17) is 11.6 Å². The summed E-state index contributed by atoms with van der Waals surface area (Å²) >= 11 is 5.79. The Labute approximate surface area is 167 Å². The molecule has 1 atom stereocenters. The van der Waals surface area contributed by atoms with Crippen LogP contribution in [0.5, 0.6) is 0 Å². The van der Waals surface area contributed by atoms with Gasteiger partial charge >= 0.3 is 6.03 Å². The fourth-order valence-corrected chi connectivity index (χ4v) is 3.66. The van der Waals surface area contributed by atoms with Crippen LogP contribution in [0.4, 0.5) is 14.9 Å². The van der Waals surface area contributed by atoms with Gasteiger partial charge in [0.2, 0.25) is 0 Å². The number of urea groups is 1. The van der Waals surface area contributed by atoms with Gasteiger partial charge in [0.1, 0.15) is 5.82 Å². The predicted molar refractivity (Wildman–Crippen MR) is 108 cm³/mol. The molecule has 2 N–H and O–H groups in total. The van der Waals surface area contributed by atoms with Crippen molar-refractivity contribution in [1.29, 1.82) is 0 Å². The fraction of sp³-hybridized carbons (Fsp3) is 0.238. The minimum atomic E-state index is -0.621. The van der Waals surface area contributed by atoms with Gasteiger partial charge in [0.15, 0.2) is 5.82 Å². The maximum atomic E-state index is 14.1. The van der Waals surface area contributed by atoms with E-state index in [1.165, 1.54) is 12.1 Å². The van der Waals surface area contributed by atoms with Crippen molar-refractivity contribution in [2.24, 2.45) is 0 Å². The van der Waals surface area contributed by atoms with Crippen molar-refractivity contribution in [2.75, 3.05) is 18.4 Å². The maximum absolute atomic E-state index is 14.1. The predicted octanol–water partition coefficient (Wildman–Crippen LogP) is 5.28. The number of nitrogens with one attached hydrogen (secondary N) is 2. The molecular weight excluding hydrogens is 379 g/mol. The number of anilines is 1. The van der Waals surface area contributed by atoms with Crippen molar-refractivity contribution < 1.29 is 9.18 Å². The first-order chi connectivity index (χ1) is 13.6. The van der Waals surface area contributed by atoms with Crippen LogP contribution in [-0.2, 0) is 0 Å². The molecule has 144 valence electrons. The highest BCUT2D eigenvalue weighted by molar-refractivity contribution is 6.31. The lowest BCUT2D eigenvalue weighted by atomic mass is 9.97. The van der Waals surface area contributed by atoms with Gasteiger partial charge in [0, 0.05) is 19.0 Å². The highest BCUT2D eigenvalue weighted by Gasteiger charge is 2.27. The number of halogens is 2. The number of rotatable bonds is 3. The lowest BCUT2D eigenvalue weighted by Gasteiger charge is -2.32. The Morgan fingerprint density at radius 1 is 1.21 bits per heavy atom. The molecule has 0 unspecified atom stereocenters. The van der Waals surface area contributed by atoms with E-state index >= 15 is 0 Å². The number of amides is 2. The number of H-pyrrole nitrogens is 1. The molecule has 7 heteroatoms. The normalized spacial score (nSPS) is 16.8. The monoisotopic (exact) mass is 398 g/mol. The summed E-state index contributed by atoms with van der Waals surface area (Å²) in [6.45, 7) is 1.15. The average Bonchev–Trinajstić information content (AvgIpc) is 3.22. The second-order valence-electron chi connectivity index (χ2n) is 6.86. The van der Waals surface area contributed by atoms with Crippen molar-refractivity contribution in [3.8, 4) is 11.3 Å². The van der Waals surface area contributed by atoms with Crippen molar-refractivity contribution in [3.05, 3.63) is 71.4 Å². The zero-order valence-electron chi connectivity index (χ0n) is 15.2. The van der Waals surface area contributed by atoms with Crippen molar-refractivity contribution in [2.45, 2.75) is 18.8 Å². The minimum absolute atomic E-state index is 0.0154. The summed E-state index contributed by atoms with van der Waals surface area (Å²) in [7, 11) is 0. The molecule has 28 heavy (non-hydrogen) atoms. The van der Waals surface area contributed by atoms with Crippen LogP contribution in [-0.4, -0.2) is 34.0 Å². The van der Waals surface area contributed by atoms with Crippen LogP contribution in [0.1, 0.15) is 24.6 Å². The zero-order chi connectivity index (χ0) is 19.5. The topological polar surface area (TPSA) is 61.0 Å². The number of carbonyl (C=O) groups is 1. The third-order valence-corrected chi connectivity index (χ3v) is 5.26. The maximum Gasteiger partial charge on any atom is 0.321 e. The van der Waals surface area contributed by atoms with Crippen molar-refractivity contribution >= 4 is 23.3 Å². The van der Waals surface area contributed by atoms with E-state index in [-0.39, 0.29) is 22.7 Å². The number of benzene rings is 2. The SMILES string of the molecule is O=C(Nc1cccc(Cl)c1F)N1CCC[C@H](c2ncc(-c3ccccc3)[nH]2)C1. The molecule has 4 rings (SSSR count). The highest BCUT2D eigenvalue weighted by atomic mass is 35.5. The van der Waals surface area contributed by atoms with Crippen LogP contribution in [0.3, 0.4) is 0 Å². The molecule has 0 spiro atoms. The molecule has 1 saturated heterocycles. The number of nitrogens with zero attached hydrogens (tertiary/aromatic N) is 2. The second kappa shape index (κ2) is 8.02. The van der Waals surface area contributed by atoms with E-state index in [1.807, 2.05) is 36.5 Å². The first-order valence-corrected chi connectivity index (χ1v) is 9.60. The molecule has 2 heterocycles. The smallest absolute Gasteiger partial charge is 0.321 e. The van der Waals surface area contributed by atoms with Crippen LogP contribution in [0.2, 0.25) is 5.02 Å². The molecule has 3 aromatic rings. The fourth-order valence-electron chi connectivity index (χ4n) is 3.49. The number of piperidine rings is 1. The third-order valence-electron chi connectivity index (χ3n) is 4.97. The van der Waals surface area contributed by atoms with Gasteiger partial charge in [-0.3, -0.25) is 0 Å². The Morgan fingerprint density at radius 2 is 2.04 bits per heavy atom. The zero-order valence-corrected chi connectivity index (χ0v) is 15.9. The molecule has 0 radical (unpaired) electrons. The number of carbonyl (C=O) groups excluding carboxylic acids is 1. The largest absolute Gasteiger partial charge is 0.342 e. The van der Waals surface area contributed by atoms with Crippen molar-refractivity contribution in [1.82, 2.24) is 14.9 Å². The Bertz CT molecular complexity index is 976. The van der Waals surface area contributed by atoms with Gasteiger partial charge in [-0.2, -0.15) is 0 Å². The average molecular weight is 399 g/mol. The molecule has 0 bridgehead atoms. The number of aromatic nitrogens is 2. The number of likely N-dealkylation sites (tertiary alicyclic amines) is 1. The van der Waals surface area contributed by atoms with Gasteiger partial charge < -0.3 is 15.2 Å². The van der Waals surface area contributed by atoms with E-state index in [9.17, 15) is 9.18 Å². The first-order valence-electron chi connectivity index (χ1n) is 9.22. The minimum Gasteiger partial charge on any atom is -0.342 e. The van der Waals surface area contributed by atoms with E-state index in [2.05, 4.69) is 15.3 Å². The molecular formula is C21H20ClFN4O. The molecule has 1 aliphatic rings. The number of hydrogen-bond acceptors (Lipinski definition) is 2. The molecule has 1 aliphatic heterocycles. The van der Waals surface area contributed by atoms with Gasteiger partial charge in [-0.15, -0.1) is 0 Å². The first kappa shape index (κ1) is 18.5. The number of aromatic amines is 1. The van der Waals surface area contributed by atoms with Gasteiger partial charge in [-0.05, 0) is 30.5 Å². The third kappa shape index (κ3) is 3.87. The summed E-state index contributed by atoms with van der Waals surface area (Å²) in [4.78, 5) is 22.2. The molecule has 2 aromatic carbocycles. The van der Waals surface area contributed by atoms with Crippen LogP contribution in [0, 0.1) is 5.82 Å². The number of hydrogen-bond donors (Lipinski definition) is 2. The van der Waals surface area contributed by atoms with E-state index in [0.29, 0.717) is 13.1 Å². The van der Waals surface area contributed by atoms with Gasteiger partial charge in [0.25, 0.3) is 0 Å². The second-order valence-corrected chi connectivity index (χ2v) is 7.27. The molecule has 0 aliphatic carbocycles. The van der Waals surface area contributed by atoms with Gasteiger partial charge in [-0.1, -0.05) is 48.0 Å². The Kier molecular flexibility index (Phi) is 5.30. The molecule has 5 nitrogen and oxygen atoms in total. The van der Waals surface area contributed by atoms with Crippen LogP contribution < -0.4 is 5.32 Å². The number of imidazole rings is 1. The van der Waals surface area contributed by atoms with Crippen LogP contribution in [0.25, 0.3) is 11.3 Å². The highest BCUT2D eigenvalue weighted by Crippen LogP contribution is 2.28. The van der Waals surface area contributed by atoms with E-state index < -0.39 is 5.82 Å². The van der Waals surface area contributed by atoms with Crippen molar-refractivity contribution in [3.63, 3.8) is 0 Å². The molecule has 1 aromatic heterocycles. The molecule has 2 amide bonds. The molecule has 0 saturated carbocycles. The van der Waals surface area contributed by atoms with E-state index in [0.717, 1.165) is 29.9 Å². The lowest BCUT2D eigenvalue weighted by Crippen LogP contribution is -2.42. The summed E-state index contributed by atoms with van der Waals surface area (Å²) in [5.74, 6) is 0.357. The molecule has 1 fully saturated rings.